The molecule has 2 heterocycles. The number of nitrogens with zero attached hydrogens (tertiary/aromatic N) is 3. The number of anilines is 1. The van der Waals surface area contributed by atoms with Gasteiger partial charge in [-0.3, -0.25) is 9.69 Å². The highest BCUT2D eigenvalue weighted by molar-refractivity contribution is 5.85. The molecule has 0 radical (unpaired) electrons. The van der Waals surface area contributed by atoms with Crippen molar-refractivity contribution in [1.82, 2.24) is 9.47 Å². The third kappa shape index (κ3) is 3.47. The first-order valence-electron chi connectivity index (χ1n) is 9.35. The zero-order valence-corrected chi connectivity index (χ0v) is 15.4. The number of carboxylic acid groups (broad SMARTS) is 1. The molecule has 2 aliphatic rings. The maximum Gasteiger partial charge on any atom is 0.511 e. The van der Waals surface area contributed by atoms with Gasteiger partial charge in [0.1, 0.15) is 5.82 Å². The molecule has 0 unspecified atom stereocenters. The molecule has 2 aromatic rings. The fourth-order valence-corrected chi connectivity index (χ4v) is 3.75. The summed E-state index contributed by atoms with van der Waals surface area (Å²) in [4.78, 5) is 27.7. The van der Waals surface area contributed by atoms with Gasteiger partial charge in [0.2, 0.25) is 5.43 Å². The molecule has 0 spiro atoms. The molecule has 0 bridgehead atoms. The summed E-state index contributed by atoms with van der Waals surface area (Å²) in [6, 6.07) is 3.08. The van der Waals surface area contributed by atoms with Crippen molar-refractivity contribution in [3.63, 3.8) is 0 Å². The zero-order chi connectivity index (χ0) is 19.8. The fourth-order valence-electron chi connectivity index (χ4n) is 3.75. The second-order valence-electron chi connectivity index (χ2n) is 7.23. The number of piperazine rings is 1. The average molecular weight is 387 g/mol. The van der Waals surface area contributed by atoms with Gasteiger partial charge in [0.25, 0.3) is 0 Å². The van der Waals surface area contributed by atoms with Gasteiger partial charge >= 0.3 is 6.16 Å². The number of carbonyl (C=O) groups is 1. The molecule has 148 valence electrons. The molecule has 28 heavy (non-hydrogen) atoms. The van der Waals surface area contributed by atoms with Crippen LogP contribution in [-0.2, 0) is 0 Å². The van der Waals surface area contributed by atoms with Gasteiger partial charge in [-0.25, -0.2) is 9.18 Å². The van der Waals surface area contributed by atoms with Gasteiger partial charge in [-0.05, 0) is 25.0 Å². The Bertz CT molecular complexity index is 991. The molecule has 8 heteroatoms. The third-order valence-corrected chi connectivity index (χ3v) is 5.31. The Labute approximate surface area is 161 Å². The summed E-state index contributed by atoms with van der Waals surface area (Å²) in [5, 5.41) is 9.01. The quantitative estimate of drug-likeness (QED) is 0.628. The van der Waals surface area contributed by atoms with Crippen molar-refractivity contribution in [2.45, 2.75) is 18.9 Å². The molecule has 1 aromatic heterocycles. The van der Waals surface area contributed by atoms with Crippen LogP contribution in [0, 0.1) is 5.82 Å². The van der Waals surface area contributed by atoms with E-state index in [-0.39, 0.29) is 17.2 Å². The van der Waals surface area contributed by atoms with E-state index in [0.29, 0.717) is 24.3 Å². The number of fused-ring (bicyclic) bond motifs is 1. The van der Waals surface area contributed by atoms with E-state index in [9.17, 15) is 14.0 Å². The normalized spacial score (nSPS) is 17.7. The number of hydrogen-bond donors (Lipinski definition) is 1. The Hall–Kier alpha value is -2.87. The zero-order valence-electron chi connectivity index (χ0n) is 15.4. The second-order valence-corrected chi connectivity index (χ2v) is 7.23. The molecule has 4 rings (SSSR count). The van der Waals surface area contributed by atoms with Crippen LogP contribution < -0.4 is 15.1 Å². The average Bonchev–Trinajstić information content (AvgIpc) is 3.50. The predicted molar refractivity (Wildman–Crippen MR) is 104 cm³/mol. The first-order valence-corrected chi connectivity index (χ1v) is 9.35. The Morgan fingerprint density at radius 2 is 2.00 bits per heavy atom. The molecule has 1 aliphatic heterocycles. The minimum Gasteiger partial charge on any atom is -0.449 e. The van der Waals surface area contributed by atoms with Crippen molar-refractivity contribution in [2.24, 2.45) is 0 Å². The van der Waals surface area contributed by atoms with Crippen molar-refractivity contribution >= 4 is 22.7 Å². The van der Waals surface area contributed by atoms with Crippen LogP contribution in [0.2, 0.25) is 0 Å². The maximum atomic E-state index is 14.9. The number of halogens is 1. The Morgan fingerprint density at radius 3 is 2.61 bits per heavy atom. The Kier molecular flexibility index (Phi) is 4.80. The van der Waals surface area contributed by atoms with Gasteiger partial charge in [0.05, 0.1) is 22.8 Å². The number of pyridine rings is 1. The molecule has 1 saturated heterocycles. The number of benzene rings is 1. The highest BCUT2D eigenvalue weighted by atomic mass is 19.1. The lowest BCUT2D eigenvalue weighted by Crippen LogP contribution is -2.46. The van der Waals surface area contributed by atoms with Crippen LogP contribution in [0.1, 0.15) is 18.9 Å². The van der Waals surface area contributed by atoms with Gasteiger partial charge in [-0.15, -0.1) is 6.58 Å². The second kappa shape index (κ2) is 7.27. The maximum absolute atomic E-state index is 14.9. The van der Waals surface area contributed by atoms with E-state index in [0.717, 1.165) is 32.5 Å². The summed E-state index contributed by atoms with van der Waals surface area (Å²) in [5.74, 6) is -0.784. The van der Waals surface area contributed by atoms with Crippen LogP contribution in [0.4, 0.5) is 14.9 Å². The van der Waals surface area contributed by atoms with Gasteiger partial charge < -0.3 is 19.3 Å². The number of aromatic nitrogens is 1. The van der Waals surface area contributed by atoms with E-state index in [4.69, 9.17) is 5.11 Å². The molecule has 1 N–H and O–H groups in total. The van der Waals surface area contributed by atoms with Crippen LogP contribution in [-0.4, -0.2) is 53.5 Å². The van der Waals surface area contributed by atoms with E-state index in [1.54, 1.807) is 6.07 Å². The number of hydrogen-bond acceptors (Lipinski definition) is 5. The summed E-state index contributed by atoms with van der Waals surface area (Å²) in [7, 11) is 0. The largest absolute Gasteiger partial charge is 0.511 e. The lowest BCUT2D eigenvalue weighted by molar-refractivity contribution is 0.143. The highest BCUT2D eigenvalue weighted by Crippen LogP contribution is 2.39. The van der Waals surface area contributed by atoms with Crippen molar-refractivity contribution in [3.05, 3.63) is 47.0 Å². The smallest absolute Gasteiger partial charge is 0.449 e. The lowest BCUT2D eigenvalue weighted by atomic mass is 10.1. The molecule has 1 aliphatic carbocycles. The van der Waals surface area contributed by atoms with Crippen molar-refractivity contribution in [1.29, 1.82) is 0 Å². The summed E-state index contributed by atoms with van der Waals surface area (Å²) in [6.45, 7) is 7.55. The summed E-state index contributed by atoms with van der Waals surface area (Å²) < 4.78 is 21.4. The summed E-state index contributed by atoms with van der Waals surface area (Å²) in [6.07, 6.45) is 3.58. The minimum atomic E-state index is -1.56. The van der Waals surface area contributed by atoms with E-state index in [1.807, 2.05) is 15.5 Å². The SMILES string of the molecule is C=CCN1CCN(c2cc3c(cc2F)c(=O)c(OC(=O)O)cn3C2CC2)CC1. The molecule has 0 amide bonds. The molecular weight excluding hydrogens is 365 g/mol. The van der Waals surface area contributed by atoms with E-state index < -0.39 is 17.4 Å². The van der Waals surface area contributed by atoms with E-state index in [1.165, 1.54) is 12.3 Å². The van der Waals surface area contributed by atoms with Crippen LogP contribution >= 0.6 is 0 Å². The van der Waals surface area contributed by atoms with Crippen molar-refractivity contribution in [2.75, 3.05) is 37.6 Å². The topological polar surface area (TPSA) is 75.0 Å². The standard InChI is InChI=1S/C20H22FN3O4/c1-2-5-22-6-8-23(9-7-22)17-11-16-14(10-15(17)21)19(25)18(28-20(26)27)12-24(16)13-3-4-13/h2,10-13H,1,3-9H2,(H,26,27). The van der Waals surface area contributed by atoms with Crippen LogP contribution in [0.25, 0.3) is 10.9 Å². The monoisotopic (exact) mass is 387 g/mol. The molecule has 2 fully saturated rings. The van der Waals surface area contributed by atoms with Gasteiger partial charge in [0, 0.05) is 38.8 Å². The van der Waals surface area contributed by atoms with Crippen LogP contribution in [0.5, 0.6) is 5.75 Å². The fraction of sp³-hybridized carbons (Fsp3) is 0.400. The summed E-state index contributed by atoms with van der Waals surface area (Å²) in [5.41, 5.74) is 0.456. The van der Waals surface area contributed by atoms with Gasteiger partial charge in [0.15, 0.2) is 5.75 Å². The minimum absolute atomic E-state index is 0.136. The predicted octanol–water partition coefficient (Wildman–Crippen LogP) is 2.84. The van der Waals surface area contributed by atoms with Gasteiger partial charge in [-0.2, -0.15) is 0 Å². The van der Waals surface area contributed by atoms with Crippen molar-refractivity contribution < 1.29 is 19.0 Å². The Morgan fingerprint density at radius 1 is 1.29 bits per heavy atom. The third-order valence-electron chi connectivity index (χ3n) is 5.31. The molecule has 1 saturated carbocycles. The molecular formula is C20H22FN3O4. The van der Waals surface area contributed by atoms with E-state index in [2.05, 4.69) is 16.2 Å². The summed E-state index contributed by atoms with van der Waals surface area (Å²) >= 11 is 0. The number of rotatable bonds is 5. The first-order chi connectivity index (χ1) is 13.5. The van der Waals surface area contributed by atoms with E-state index >= 15 is 0 Å². The van der Waals surface area contributed by atoms with Crippen LogP contribution in [0.15, 0.2) is 35.8 Å². The highest BCUT2D eigenvalue weighted by Gasteiger charge is 2.28. The van der Waals surface area contributed by atoms with Crippen LogP contribution in [0.3, 0.4) is 0 Å². The first kappa shape index (κ1) is 18.5. The molecule has 0 atom stereocenters. The lowest BCUT2D eigenvalue weighted by Gasteiger charge is -2.35. The van der Waals surface area contributed by atoms with Crippen molar-refractivity contribution in [3.8, 4) is 5.75 Å². The molecule has 7 nitrogen and oxygen atoms in total. The number of ether oxygens (including phenoxy) is 1. The Balaban J connectivity index is 1.75. The van der Waals surface area contributed by atoms with Gasteiger partial charge in [-0.1, -0.05) is 6.08 Å². The molecule has 1 aromatic carbocycles.